The van der Waals surface area contributed by atoms with Gasteiger partial charge in [0.05, 0.1) is 18.0 Å². The maximum absolute atomic E-state index is 14.1. The summed E-state index contributed by atoms with van der Waals surface area (Å²) in [4.78, 5) is 8.49. The molecular formula is C22H13F4N5O2. The molecule has 5 rings (SSSR count). The van der Waals surface area contributed by atoms with E-state index in [0.717, 1.165) is 6.07 Å². The normalized spacial score (nSPS) is 11.4. The summed E-state index contributed by atoms with van der Waals surface area (Å²) in [5, 5.41) is 8.23. The zero-order valence-electron chi connectivity index (χ0n) is 16.6. The summed E-state index contributed by atoms with van der Waals surface area (Å²) in [5.74, 6) is -1.42. The van der Waals surface area contributed by atoms with Crippen molar-refractivity contribution in [1.29, 1.82) is 0 Å². The predicted octanol–water partition coefficient (Wildman–Crippen LogP) is 5.03. The number of aromatic nitrogens is 5. The van der Waals surface area contributed by atoms with Crippen molar-refractivity contribution in [2.45, 2.75) is 13.2 Å². The molecule has 0 atom stereocenters. The van der Waals surface area contributed by atoms with Crippen molar-refractivity contribution in [2.75, 3.05) is 0 Å². The van der Waals surface area contributed by atoms with Gasteiger partial charge in [0.1, 0.15) is 29.4 Å². The van der Waals surface area contributed by atoms with Crippen molar-refractivity contribution in [1.82, 2.24) is 24.9 Å². The van der Waals surface area contributed by atoms with Crippen LogP contribution < -0.4 is 4.74 Å². The quantitative estimate of drug-likeness (QED) is 0.334. The lowest BCUT2D eigenvalue weighted by Crippen LogP contribution is -2.04. The molecule has 166 valence electrons. The second-order valence-electron chi connectivity index (χ2n) is 6.97. The third kappa shape index (κ3) is 4.25. The van der Waals surface area contributed by atoms with E-state index in [1.807, 2.05) is 0 Å². The van der Waals surface area contributed by atoms with E-state index in [2.05, 4.69) is 25.0 Å². The van der Waals surface area contributed by atoms with Gasteiger partial charge in [-0.2, -0.15) is 13.9 Å². The number of rotatable bonds is 6. The summed E-state index contributed by atoms with van der Waals surface area (Å²) in [6.45, 7) is -2.68. The standard InChI is InChI=1S/C22H13F4N5O2/c23-16-3-1-2-15(20(16)24)21-28-18-9-27-31(11-19(18)29-21)10-14-8-17(30-33-14)12-4-6-13(7-5-12)32-22(25)26/h1-9,11,22H,10H2. The monoisotopic (exact) mass is 455 g/mol. The minimum absolute atomic E-state index is 0.0393. The first-order chi connectivity index (χ1) is 16.0. The van der Waals surface area contributed by atoms with Gasteiger partial charge in [-0.25, -0.2) is 18.7 Å². The van der Waals surface area contributed by atoms with E-state index < -0.39 is 18.2 Å². The Labute approximate surface area is 183 Å². The van der Waals surface area contributed by atoms with E-state index in [-0.39, 0.29) is 23.7 Å². The lowest BCUT2D eigenvalue weighted by atomic mass is 10.1. The van der Waals surface area contributed by atoms with Crippen molar-refractivity contribution in [3.63, 3.8) is 0 Å². The smallest absolute Gasteiger partial charge is 0.387 e. The van der Waals surface area contributed by atoms with Crippen LogP contribution in [0.1, 0.15) is 5.76 Å². The minimum atomic E-state index is -2.90. The largest absolute Gasteiger partial charge is 0.435 e. The van der Waals surface area contributed by atoms with Crippen LogP contribution in [0.25, 0.3) is 34.0 Å². The molecule has 2 aromatic carbocycles. The molecule has 3 aromatic rings. The van der Waals surface area contributed by atoms with E-state index >= 15 is 0 Å². The van der Waals surface area contributed by atoms with Gasteiger partial charge in [0, 0.05) is 11.6 Å². The van der Waals surface area contributed by atoms with Crippen LogP contribution in [0, 0.1) is 11.6 Å². The Kier molecular flexibility index (Phi) is 5.21. The fourth-order valence-corrected chi connectivity index (χ4v) is 3.23. The van der Waals surface area contributed by atoms with Gasteiger partial charge in [0.15, 0.2) is 23.2 Å². The number of nitrogens with zero attached hydrogens (tertiary/aromatic N) is 5. The molecule has 0 amide bonds. The SMILES string of the molecule is Fc1cccc(-c2nc3cnn(Cc4cc(-c5ccc(OC(F)F)cc5)no4)cc-3n2)c1F. The maximum Gasteiger partial charge on any atom is 0.387 e. The van der Waals surface area contributed by atoms with Gasteiger partial charge in [0.2, 0.25) is 0 Å². The average Bonchev–Trinajstić information content (AvgIpc) is 3.42. The summed E-state index contributed by atoms with van der Waals surface area (Å²) in [6.07, 6.45) is 3.06. The molecule has 3 heterocycles. The molecule has 0 spiro atoms. The summed E-state index contributed by atoms with van der Waals surface area (Å²) in [7, 11) is 0. The molecule has 0 bridgehead atoms. The molecule has 2 aliphatic rings. The first-order valence-corrected chi connectivity index (χ1v) is 9.62. The van der Waals surface area contributed by atoms with E-state index in [1.165, 1.54) is 35.1 Å². The van der Waals surface area contributed by atoms with E-state index in [9.17, 15) is 17.6 Å². The van der Waals surface area contributed by atoms with Gasteiger partial charge in [-0.15, -0.1) is 0 Å². The zero-order chi connectivity index (χ0) is 22.9. The molecule has 1 aromatic heterocycles. The van der Waals surface area contributed by atoms with Crippen LogP contribution in [0.3, 0.4) is 0 Å². The number of halogens is 4. The van der Waals surface area contributed by atoms with Gasteiger partial charge >= 0.3 is 6.61 Å². The average molecular weight is 455 g/mol. The highest BCUT2D eigenvalue weighted by Crippen LogP contribution is 2.27. The van der Waals surface area contributed by atoms with Crippen LogP contribution in [0.15, 0.2) is 65.4 Å². The molecule has 33 heavy (non-hydrogen) atoms. The number of imidazole rings is 1. The second kappa shape index (κ2) is 8.34. The first kappa shape index (κ1) is 20.6. The highest BCUT2D eigenvalue weighted by atomic mass is 19.3. The van der Waals surface area contributed by atoms with Crippen LogP contribution in [0.4, 0.5) is 17.6 Å². The number of benzene rings is 2. The van der Waals surface area contributed by atoms with Crippen LogP contribution in [0.5, 0.6) is 5.75 Å². The number of ether oxygens (including phenoxy) is 1. The topological polar surface area (TPSA) is 78.9 Å². The summed E-state index contributed by atoms with van der Waals surface area (Å²) in [6, 6.07) is 11.5. The lowest BCUT2D eigenvalue weighted by Gasteiger charge is -2.04. The third-order valence-corrected chi connectivity index (χ3v) is 4.76. The molecule has 0 saturated heterocycles. The van der Waals surface area contributed by atoms with E-state index in [4.69, 9.17) is 4.52 Å². The Morgan fingerprint density at radius 3 is 2.55 bits per heavy atom. The summed E-state index contributed by atoms with van der Waals surface area (Å²) in [5.41, 5.74) is 1.99. The van der Waals surface area contributed by atoms with Crippen molar-refractivity contribution in [3.05, 3.63) is 78.3 Å². The number of alkyl halides is 2. The Morgan fingerprint density at radius 1 is 0.970 bits per heavy atom. The molecule has 0 aliphatic carbocycles. The Balaban J connectivity index is 1.35. The predicted molar refractivity (Wildman–Crippen MR) is 107 cm³/mol. The van der Waals surface area contributed by atoms with Gasteiger partial charge in [-0.05, 0) is 36.4 Å². The van der Waals surface area contributed by atoms with Gasteiger partial charge in [-0.1, -0.05) is 11.2 Å². The van der Waals surface area contributed by atoms with Crippen LogP contribution in [0.2, 0.25) is 0 Å². The van der Waals surface area contributed by atoms with Crippen molar-refractivity contribution in [2.24, 2.45) is 0 Å². The molecule has 0 unspecified atom stereocenters. The summed E-state index contributed by atoms with van der Waals surface area (Å²) >= 11 is 0. The zero-order valence-corrected chi connectivity index (χ0v) is 16.6. The number of fused-ring (bicyclic) bond motifs is 1. The van der Waals surface area contributed by atoms with Gasteiger partial charge < -0.3 is 9.26 Å². The molecule has 0 N–H and O–H groups in total. The van der Waals surface area contributed by atoms with Crippen molar-refractivity contribution in [3.8, 4) is 39.8 Å². The van der Waals surface area contributed by atoms with Crippen molar-refractivity contribution >= 4 is 0 Å². The molecule has 0 saturated carbocycles. The van der Waals surface area contributed by atoms with Crippen LogP contribution in [-0.2, 0) is 6.54 Å². The highest BCUT2D eigenvalue weighted by Gasteiger charge is 2.18. The highest BCUT2D eigenvalue weighted by molar-refractivity contribution is 5.65. The Morgan fingerprint density at radius 2 is 1.76 bits per heavy atom. The fraction of sp³-hybridized carbons (Fsp3) is 0.0909. The minimum Gasteiger partial charge on any atom is -0.435 e. The molecule has 7 nitrogen and oxygen atoms in total. The summed E-state index contributed by atoms with van der Waals surface area (Å²) < 4.78 is 63.3. The molecule has 0 fully saturated rings. The molecule has 2 aliphatic heterocycles. The molecular weight excluding hydrogens is 442 g/mol. The Bertz CT molecular complexity index is 1380. The van der Waals surface area contributed by atoms with Gasteiger partial charge in [-0.3, -0.25) is 4.68 Å². The third-order valence-electron chi connectivity index (χ3n) is 4.76. The van der Waals surface area contributed by atoms with E-state index in [1.54, 1.807) is 24.4 Å². The number of hydrogen-bond acceptors (Lipinski definition) is 6. The molecule has 0 radical (unpaired) electrons. The van der Waals surface area contributed by atoms with Crippen molar-refractivity contribution < 1.29 is 26.8 Å². The Hall–Kier alpha value is -4.28. The van der Waals surface area contributed by atoms with Gasteiger partial charge in [0.25, 0.3) is 0 Å². The van der Waals surface area contributed by atoms with Crippen LogP contribution >= 0.6 is 0 Å². The van der Waals surface area contributed by atoms with Crippen LogP contribution in [-0.4, -0.2) is 31.5 Å². The maximum atomic E-state index is 14.1. The van der Waals surface area contributed by atoms with E-state index in [0.29, 0.717) is 28.4 Å². The molecule has 11 heteroatoms. The first-order valence-electron chi connectivity index (χ1n) is 9.62. The second-order valence-corrected chi connectivity index (χ2v) is 6.97. The fourth-order valence-electron chi connectivity index (χ4n) is 3.23. The number of hydrogen-bond donors (Lipinski definition) is 0. The lowest BCUT2D eigenvalue weighted by molar-refractivity contribution is -0.0498.